The molecule has 2 rings (SSSR count). The zero-order valence-electron chi connectivity index (χ0n) is 9.10. The molecule has 0 saturated heterocycles. The molecule has 0 saturated carbocycles. The lowest BCUT2D eigenvalue weighted by molar-refractivity contribution is 0.0694. The summed E-state index contributed by atoms with van der Waals surface area (Å²) in [4.78, 5) is 28.5. The van der Waals surface area contributed by atoms with E-state index in [1.807, 2.05) is 31.2 Å². The average Bonchev–Trinajstić information content (AvgIpc) is 2.29. The molecule has 0 atom stereocenters. The van der Waals surface area contributed by atoms with Gasteiger partial charge in [-0.1, -0.05) is 29.8 Å². The van der Waals surface area contributed by atoms with E-state index in [-0.39, 0.29) is 5.56 Å². The van der Waals surface area contributed by atoms with Gasteiger partial charge in [0.15, 0.2) is 0 Å². The van der Waals surface area contributed by atoms with E-state index in [1.54, 1.807) is 0 Å². The Morgan fingerprint density at radius 2 is 1.94 bits per heavy atom. The van der Waals surface area contributed by atoms with Gasteiger partial charge in [0.05, 0.1) is 0 Å². The molecule has 2 N–H and O–H groups in total. The number of H-pyrrole nitrogens is 1. The first kappa shape index (κ1) is 11.1. The van der Waals surface area contributed by atoms with Crippen LogP contribution in [0.3, 0.4) is 0 Å². The SMILES string of the molecule is Cc1ccc(-c2ncc(C(=O)O)c(=O)[nH]2)cc1. The Morgan fingerprint density at radius 3 is 2.47 bits per heavy atom. The molecule has 0 aliphatic carbocycles. The second-order valence-electron chi connectivity index (χ2n) is 3.65. The van der Waals surface area contributed by atoms with E-state index in [0.717, 1.165) is 17.3 Å². The zero-order valence-corrected chi connectivity index (χ0v) is 9.10. The fourth-order valence-electron chi connectivity index (χ4n) is 1.41. The summed E-state index contributed by atoms with van der Waals surface area (Å²) in [6, 6.07) is 7.41. The van der Waals surface area contributed by atoms with Gasteiger partial charge in [0.2, 0.25) is 0 Å². The number of benzene rings is 1. The summed E-state index contributed by atoms with van der Waals surface area (Å²) in [7, 11) is 0. The van der Waals surface area contributed by atoms with Gasteiger partial charge in [-0.15, -0.1) is 0 Å². The molecular weight excluding hydrogens is 220 g/mol. The van der Waals surface area contributed by atoms with Crippen LogP contribution in [0.2, 0.25) is 0 Å². The van der Waals surface area contributed by atoms with Crippen LogP contribution >= 0.6 is 0 Å². The quantitative estimate of drug-likeness (QED) is 0.817. The van der Waals surface area contributed by atoms with Crippen LogP contribution < -0.4 is 5.56 Å². The first-order valence-electron chi connectivity index (χ1n) is 4.97. The van der Waals surface area contributed by atoms with E-state index < -0.39 is 11.5 Å². The van der Waals surface area contributed by atoms with Crippen molar-refractivity contribution in [3.8, 4) is 11.4 Å². The molecule has 0 amide bonds. The van der Waals surface area contributed by atoms with Crippen LogP contribution in [-0.4, -0.2) is 21.0 Å². The number of carboxylic acid groups (broad SMARTS) is 1. The highest BCUT2D eigenvalue weighted by atomic mass is 16.4. The van der Waals surface area contributed by atoms with Gasteiger partial charge in [0.1, 0.15) is 11.4 Å². The van der Waals surface area contributed by atoms with Gasteiger partial charge in [-0.05, 0) is 6.92 Å². The molecule has 86 valence electrons. The Labute approximate surface area is 96.8 Å². The summed E-state index contributed by atoms with van der Waals surface area (Å²) < 4.78 is 0. The molecule has 0 spiro atoms. The normalized spacial score (nSPS) is 10.2. The zero-order chi connectivity index (χ0) is 12.4. The molecule has 17 heavy (non-hydrogen) atoms. The molecule has 2 aromatic rings. The highest BCUT2D eigenvalue weighted by Crippen LogP contribution is 2.13. The fourth-order valence-corrected chi connectivity index (χ4v) is 1.41. The number of aromatic amines is 1. The van der Waals surface area contributed by atoms with E-state index in [2.05, 4.69) is 9.97 Å². The highest BCUT2D eigenvalue weighted by molar-refractivity contribution is 5.86. The van der Waals surface area contributed by atoms with Gasteiger partial charge in [-0.25, -0.2) is 9.78 Å². The predicted molar refractivity (Wildman–Crippen MR) is 62.0 cm³/mol. The number of hydrogen-bond donors (Lipinski definition) is 2. The molecule has 0 fully saturated rings. The molecule has 0 radical (unpaired) electrons. The predicted octanol–water partition coefficient (Wildman–Crippen LogP) is 1.44. The van der Waals surface area contributed by atoms with Crippen LogP contribution in [0.1, 0.15) is 15.9 Å². The summed E-state index contributed by atoms with van der Waals surface area (Å²) in [5.74, 6) is -0.922. The Kier molecular flexibility index (Phi) is 2.74. The number of nitrogens with one attached hydrogen (secondary N) is 1. The van der Waals surface area contributed by atoms with Gasteiger partial charge in [-0.3, -0.25) is 4.79 Å². The van der Waals surface area contributed by atoms with Crippen molar-refractivity contribution in [2.75, 3.05) is 0 Å². The smallest absolute Gasteiger partial charge is 0.342 e. The summed E-state index contributed by atoms with van der Waals surface area (Å²) in [6.45, 7) is 1.95. The number of hydrogen-bond acceptors (Lipinski definition) is 3. The van der Waals surface area contributed by atoms with Crippen molar-refractivity contribution in [3.63, 3.8) is 0 Å². The molecule has 5 nitrogen and oxygen atoms in total. The maximum Gasteiger partial charge on any atom is 0.342 e. The third-order valence-electron chi connectivity index (χ3n) is 2.35. The van der Waals surface area contributed by atoms with Gasteiger partial charge < -0.3 is 10.1 Å². The monoisotopic (exact) mass is 230 g/mol. The minimum Gasteiger partial charge on any atom is -0.477 e. The number of aromatic carboxylic acids is 1. The number of aromatic nitrogens is 2. The molecule has 0 bridgehead atoms. The summed E-state index contributed by atoms with van der Waals surface area (Å²) in [5.41, 5.74) is 0.826. The third-order valence-corrected chi connectivity index (χ3v) is 2.35. The Balaban J connectivity index is 2.48. The van der Waals surface area contributed by atoms with E-state index >= 15 is 0 Å². The standard InChI is InChI=1S/C12H10N2O3/c1-7-2-4-8(5-3-7)10-13-6-9(12(16)17)11(15)14-10/h2-6H,1H3,(H,16,17)(H,13,14,15). The molecule has 5 heteroatoms. The van der Waals surface area contributed by atoms with Crippen molar-refractivity contribution in [1.29, 1.82) is 0 Å². The summed E-state index contributed by atoms with van der Waals surface area (Å²) in [5, 5.41) is 8.70. The molecule has 1 aromatic carbocycles. The van der Waals surface area contributed by atoms with Gasteiger partial charge in [-0.2, -0.15) is 0 Å². The van der Waals surface area contributed by atoms with Crippen molar-refractivity contribution in [1.82, 2.24) is 9.97 Å². The average molecular weight is 230 g/mol. The molecule has 0 unspecified atom stereocenters. The topological polar surface area (TPSA) is 83.0 Å². The molecule has 1 heterocycles. The lowest BCUT2D eigenvalue weighted by Gasteiger charge is -2.01. The van der Waals surface area contributed by atoms with E-state index in [4.69, 9.17) is 5.11 Å². The highest BCUT2D eigenvalue weighted by Gasteiger charge is 2.10. The van der Waals surface area contributed by atoms with Crippen LogP contribution in [0.5, 0.6) is 0 Å². The maximum atomic E-state index is 11.4. The second-order valence-corrected chi connectivity index (χ2v) is 3.65. The fraction of sp³-hybridized carbons (Fsp3) is 0.0833. The van der Waals surface area contributed by atoms with Crippen molar-refractivity contribution in [3.05, 3.63) is 51.9 Å². The number of rotatable bonds is 2. The van der Waals surface area contributed by atoms with Crippen LogP contribution in [0.15, 0.2) is 35.3 Å². The van der Waals surface area contributed by atoms with E-state index in [1.165, 1.54) is 0 Å². The first-order valence-corrected chi connectivity index (χ1v) is 4.97. The first-order chi connectivity index (χ1) is 8.08. The summed E-state index contributed by atoms with van der Waals surface area (Å²) >= 11 is 0. The lowest BCUT2D eigenvalue weighted by Crippen LogP contribution is -2.18. The minimum atomic E-state index is -1.28. The number of nitrogens with zero attached hydrogens (tertiary/aromatic N) is 1. The Hall–Kier alpha value is -2.43. The molecule has 0 aliphatic heterocycles. The van der Waals surface area contributed by atoms with Crippen molar-refractivity contribution >= 4 is 5.97 Å². The van der Waals surface area contributed by atoms with Crippen molar-refractivity contribution < 1.29 is 9.90 Å². The van der Waals surface area contributed by atoms with Gasteiger partial charge in [0, 0.05) is 11.8 Å². The van der Waals surface area contributed by atoms with Gasteiger partial charge in [0.25, 0.3) is 5.56 Å². The second kappa shape index (κ2) is 4.21. The molecule has 1 aromatic heterocycles. The largest absolute Gasteiger partial charge is 0.477 e. The number of carboxylic acids is 1. The van der Waals surface area contributed by atoms with E-state index in [0.29, 0.717) is 5.82 Å². The Bertz CT molecular complexity index is 614. The van der Waals surface area contributed by atoms with Crippen LogP contribution in [-0.2, 0) is 0 Å². The van der Waals surface area contributed by atoms with Gasteiger partial charge >= 0.3 is 5.97 Å². The summed E-state index contributed by atoms with van der Waals surface area (Å²) in [6.07, 6.45) is 1.07. The Morgan fingerprint density at radius 1 is 1.29 bits per heavy atom. The van der Waals surface area contributed by atoms with Crippen LogP contribution in [0, 0.1) is 6.92 Å². The molecular formula is C12H10N2O3. The van der Waals surface area contributed by atoms with Crippen molar-refractivity contribution in [2.45, 2.75) is 6.92 Å². The van der Waals surface area contributed by atoms with E-state index in [9.17, 15) is 9.59 Å². The lowest BCUT2D eigenvalue weighted by atomic mass is 10.1. The number of carbonyl (C=O) groups is 1. The molecule has 0 aliphatic rings. The van der Waals surface area contributed by atoms with Crippen molar-refractivity contribution in [2.24, 2.45) is 0 Å². The number of aryl methyl sites for hydroxylation is 1. The van der Waals surface area contributed by atoms with Crippen LogP contribution in [0.25, 0.3) is 11.4 Å². The third kappa shape index (κ3) is 2.23. The minimum absolute atomic E-state index is 0.360. The van der Waals surface area contributed by atoms with Crippen LogP contribution in [0.4, 0.5) is 0 Å². The maximum absolute atomic E-state index is 11.4.